The Kier molecular flexibility index (Phi) is 5.32. The van der Waals surface area contributed by atoms with E-state index in [1.807, 2.05) is 18.2 Å². The lowest BCUT2D eigenvalue weighted by atomic mass is 9.81. The van der Waals surface area contributed by atoms with Gasteiger partial charge in [-0.3, -0.25) is 4.79 Å². The van der Waals surface area contributed by atoms with Crippen LogP contribution in [0, 0.1) is 0 Å². The highest BCUT2D eigenvalue weighted by Gasteiger charge is 2.29. The number of carbonyl (C=O) groups excluding carboxylic acids is 1. The van der Waals surface area contributed by atoms with Gasteiger partial charge in [-0.25, -0.2) is 4.98 Å². The molecular formula is C25H24N4OS. The largest absolute Gasteiger partial charge is 0.294 e. The van der Waals surface area contributed by atoms with E-state index >= 15 is 0 Å². The van der Waals surface area contributed by atoms with Crippen LogP contribution in [0.1, 0.15) is 64.8 Å². The topological polar surface area (TPSA) is 60.2 Å². The van der Waals surface area contributed by atoms with Crippen LogP contribution < -0.4 is 0 Å². The van der Waals surface area contributed by atoms with Crippen molar-refractivity contribution in [1.29, 1.82) is 0 Å². The predicted octanol–water partition coefficient (Wildman–Crippen LogP) is 5.45. The molecule has 0 bridgehead atoms. The van der Waals surface area contributed by atoms with Crippen molar-refractivity contribution >= 4 is 23.3 Å². The number of hydrogen-bond donors (Lipinski definition) is 0. The minimum atomic E-state index is 0.127. The summed E-state index contributed by atoms with van der Waals surface area (Å²) in [6, 6.07) is 18.9. The fraction of sp³-hybridized carbons (Fsp3) is 0.280. The van der Waals surface area contributed by atoms with Crippen molar-refractivity contribution in [2.75, 3.05) is 0 Å². The molecule has 0 aliphatic heterocycles. The second-order valence-electron chi connectivity index (χ2n) is 8.35. The zero-order valence-corrected chi connectivity index (χ0v) is 18.5. The third-order valence-electron chi connectivity index (χ3n) is 5.90. The van der Waals surface area contributed by atoms with E-state index in [-0.39, 0.29) is 11.7 Å². The summed E-state index contributed by atoms with van der Waals surface area (Å²) < 4.78 is 1.77. The monoisotopic (exact) mass is 428 g/mol. The van der Waals surface area contributed by atoms with Crippen molar-refractivity contribution in [3.8, 4) is 0 Å². The van der Waals surface area contributed by atoms with Gasteiger partial charge >= 0.3 is 0 Å². The quantitative estimate of drug-likeness (QED) is 0.396. The molecule has 1 unspecified atom stereocenters. The molecule has 1 aliphatic rings. The molecule has 31 heavy (non-hydrogen) atoms. The fourth-order valence-corrected chi connectivity index (χ4v) is 4.88. The Morgan fingerprint density at radius 3 is 2.58 bits per heavy atom. The van der Waals surface area contributed by atoms with E-state index in [2.05, 4.69) is 60.2 Å². The van der Waals surface area contributed by atoms with E-state index in [0.717, 1.165) is 17.9 Å². The van der Waals surface area contributed by atoms with Gasteiger partial charge in [-0.2, -0.15) is 9.50 Å². The normalized spacial score (nSPS) is 16.1. The van der Waals surface area contributed by atoms with Crippen LogP contribution in [0.2, 0.25) is 0 Å². The number of thioether (sulfide) groups is 1. The van der Waals surface area contributed by atoms with Crippen molar-refractivity contribution in [2.24, 2.45) is 0 Å². The summed E-state index contributed by atoms with van der Waals surface area (Å²) in [4.78, 5) is 21.9. The van der Waals surface area contributed by atoms with Crippen LogP contribution in [-0.2, 0) is 12.2 Å². The maximum atomic E-state index is 12.9. The Morgan fingerprint density at radius 1 is 1.06 bits per heavy atom. The molecule has 2 heterocycles. The fourth-order valence-electron chi connectivity index (χ4n) is 4.10. The van der Waals surface area contributed by atoms with Gasteiger partial charge in [-0.05, 0) is 34.9 Å². The van der Waals surface area contributed by atoms with Gasteiger partial charge < -0.3 is 0 Å². The molecule has 0 amide bonds. The molecule has 0 fully saturated rings. The molecule has 5 nitrogen and oxygen atoms in total. The maximum absolute atomic E-state index is 12.9. The zero-order chi connectivity index (χ0) is 21.4. The number of rotatable bonds is 5. The lowest BCUT2D eigenvalue weighted by Crippen LogP contribution is -2.22. The molecule has 5 rings (SSSR count). The number of aromatic nitrogens is 4. The number of fused-ring (bicyclic) bond motifs is 3. The number of carbonyl (C=O) groups is 1. The summed E-state index contributed by atoms with van der Waals surface area (Å²) in [7, 11) is 0. The van der Waals surface area contributed by atoms with Gasteiger partial charge in [0.05, 0.1) is 11.3 Å². The summed E-state index contributed by atoms with van der Waals surface area (Å²) >= 11 is 1.58. The minimum Gasteiger partial charge on any atom is -0.294 e. The number of Topliss-reactive ketones (excluding diaryl/α,β-unsaturated/α-hetero) is 1. The Labute approximate surface area is 185 Å². The second-order valence-corrected chi connectivity index (χ2v) is 9.29. The van der Waals surface area contributed by atoms with Crippen molar-refractivity contribution in [2.45, 2.75) is 49.4 Å². The highest BCUT2D eigenvalue weighted by molar-refractivity contribution is 7.98. The summed E-state index contributed by atoms with van der Waals surface area (Å²) in [6.45, 7) is 4.38. The van der Waals surface area contributed by atoms with E-state index in [4.69, 9.17) is 5.10 Å². The predicted molar refractivity (Wildman–Crippen MR) is 123 cm³/mol. The van der Waals surface area contributed by atoms with Crippen molar-refractivity contribution in [3.05, 3.63) is 88.7 Å². The van der Waals surface area contributed by atoms with Crippen LogP contribution in [0.3, 0.4) is 0 Å². The number of benzene rings is 2. The van der Waals surface area contributed by atoms with Crippen molar-refractivity contribution in [3.63, 3.8) is 0 Å². The molecule has 4 aromatic rings. The molecule has 0 saturated carbocycles. The minimum absolute atomic E-state index is 0.127. The lowest BCUT2D eigenvalue weighted by Gasteiger charge is -2.24. The maximum Gasteiger partial charge on any atom is 0.253 e. The Hall–Kier alpha value is -2.99. The Morgan fingerprint density at radius 2 is 1.84 bits per heavy atom. The molecule has 0 saturated heterocycles. The first-order valence-corrected chi connectivity index (χ1v) is 11.6. The van der Waals surface area contributed by atoms with Crippen LogP contribution in [-0.4, -0.2) is 25.4 Å². The van der Waals surface area contributed by atoms with E-state index < -0.39 is 0 Å². The average Bonchev–Trinajstić information content (AvgIpc) is 3.22. The van der Waals surface area contributed by atoms with E-state index in [9.17, 15) is 4.79 Å². The molecule has 1 atom stereocenters. The Bertz CT molecular complexity index is 1230. The van der Waals surface area contributed by atoms with E-state index in [1.165, 1.54) is 16.7 Å². The summed E-state index contributed by atoms with van der Waals surface area (Å²) in [5.41, 5.74) is 5.33. The zero-order valence-electron chi connectivity index (χ0n) is 17.7. The molecule has 156 valence electrons. The van der Waals surface area contributed by atoms with Gasteiger partial charge in [0.2, 0.25) is 5.16 Å². The standard InChI is InChI=1S/C25H24N4OS/c1-16(2)18-8-10-19(11-9-18)20-12-22-21(23(30)13-20)14-26-24-27-25(28-29(22)24)31-15-17-6-4-3-5-7-17/h3-11,14,16,20H,12-13,15H2,1-2H3. The van der Waals surface area contributed by atoms with E-state index in [0.29, 0.717) is 28.8 Å². The molecule has 0 spiro atoms. The Balaban J connectivity index is 1.43. The van der Waals surface area contributed by atoms with Gasteiger partial charge in [0.1, 0.15) is 0 Å². The molecule has 0 N–H and O–H groups in total. The van der Waals surface area contributed by atoms with Crippen LogP contribution in [0.25, 0.3) is 5.78 Å². The molecular weight excluding hydrogens is 404 g/mol. The smallest absolute Gasteiger partial charge is 0.253 e. The summed E-state index contributed by atoms with van der Waals surface area (Å²) in [5, 5.41) is 5.38. The van der Waals surface area contributed by atoms with Gasteiger partial charge in [0.15, 0.2) is 5.78 Å². The summed E-state index contributed by atoms with van der Waals surface area (Å²) in [5.74, 6) is 2.12. The third-order valence-corrected chi connectivity index (χ3v) is 6.81. The summed E-state index contributed by atoms with van der Waals surface area (Å²) in [6.07, 6.45) is 2.93. The highest BCUT2D eigenvalue weighted by Crippen LogP contribution is 2.33. The first kappa shape index (κ1) is 19.9. The second kappa shape index (κ2) is 8.27. The number of hydrogen-bond acceptors (Lipinski definition) is 5. The highest BCUT2D eigenvalue weighted by atomic mass is 32.2. The first-order chi connectivity index (χ1) is 15.1. The number of ketones is 1. The molecule has 2 aromatic carbocycles. The first-order valence-electron chi connectivity index (χ1n) is 10.6. The van der Waals surface area contributed by atoms with Gasteiger partial charge in [-0.1, -0.05) is 80.2 Å². The lowest BCUT2D eigenvalue weighted by molar-refractivity contribution is 0.0962. The third kappa shape index (κ3) is 4.00. The SMILES string of the molecule is CC(C)c1ccc(C2CC(=O)c3cnc4nc(SCc5ccccc5)nn4c3C2)cc1. The van der Waals surface area contributed by atoms with Crippen molar-refractivity contribution in [1.82, 2.24) is 19.6 Å². The van der Waals surface area contributed by atoms with Gasteiger partial charge in [0, 0.05) is 18.4 Å². The molecule has 1 aliphatic carbocycles. The van der Waals surface area contributed by atoms with Gasteiger partial charge in [-0.15, -0.1) is 5.10 Å². The van der Waals surface area contributed by atoms with E-state index in [1.54, 1.807) is 22.5 Å². The van der Waals surface area contributed by atoms with Gasteiger partial charge in [0.25, 0.3) is 5.78 Å². The van der Waals surface area contributed by atoms with Crippen LogP contribution >= 0.6 is 11.8 Å². The van der Waals surface area contributed by atoms with Crippen molar-refractivity contribution < 1.29 is 4.79 Å². The average molecular weight is 429 g/mol. The van der Waals surface area contributed by atoms with Crippen LogP contribution in [0.4, 0.5) is 0 Å². The van der Waals surface area contributed by atoms with Crippen LogP contribution in [0.5, 0.6) is 0 Å². The van der Waals surface area contributed by atoms with Crippen LogP contribution in [0.15, 0.2) is 66.0 Å². The molecule has 6 heteroatoms. The molecule has 0 radical (unpaired) electrons. The molecule has 2 aromatic heterocycles. The number of nitrogens with zero attached hydrogens (tertiary/aromatic N) is 4.